The third kappa shape index (κ3) is 1.55. The molecule has 0 atom stereocenters. The highest BCUT2D eigenvalue weighted by molar-refractivity contribution is 7.98. The summed E-state index contributed by atoms with van der Waals surface area (Å²) in [5.41, 5.74) is 5.76. The van der Waals surface area contributed by atoms with Gasteiger partial charge in [0.15, 0.2) is 0 Å². The van der Waals surface area contributed by atoms with Crippen LogP contribution in [0, 0.1) is 0 Å². The maximum Gasteiger partial charge on any atom is 0.137 e. The third-order valence-electron chi connectivity index (χ3n) is 2.03. The molecule has 0 aliphatic carbocycles. The first-order valence-corrected chi connectivity index (χ1v) is 6.19. The lowest BCUT2D eigenvalue weighted by Crippen LogP contribution is -1.82. The minimum absolute atomic E-state index is 0.830. The van der Waals surface area contributed by atoms with Crippen LogP contribution in [-0.4, -0.2) is 13.4 Å². The van der Waals surface area contributed by atoms with Crippen molar-refractivity contribution < 1.29 is 4.74 Å². The van der Waals surface area contributed by atoms with E-state index in [4.69, 9.17) is 10.5 Å². The van der Waals surface area contributed by atoms with E-state index in [1.165, 1.54) is 4.90 Å². The Morgan fingerprint density at radius 2 is 2.14 bits per heavy atom. The molecule has 2 nitrogen and oxygen atoms in total. The molecule has 1 heterocycles. The molecule has 0 bridgehead atoms. The topological polar surface area (TPSA) is 35.2 Å². The van der Waals surface area contributed by atoms with Crippen LogP contribution in [0.1, 0.15) is 0 Å². The molecule has 2 aromatic rings. The Morgan fingerprint density at radius 3 is 2.79 bits per heavy atom. The Bertz CT molecular complexity index is 464. The first-order chi connectivity index (χ1) is 6.74. The van der Waals surface area contributed by atoms with Gasteiger partial charge in [0.25, 0.3) is 0 Å². The van der Waals surface area contributed by atoms with Crippen molar-refractivity contribution in [3.05, 3.63) is 18.2 Å². The zero-order valence-corrected chi connectivity index (χ0v) is 9.67. The minimum atomic E-state index is 0.830. The third-order valence-corrected chi connectivity index (χ3v) is 3.73. The summed E-state index contributed by atoms with van der Waals surface area (Å²) < 4.78 is 6.45. The van der Waals surface area contributed by atoms with Crippen molar-refractivity contribution in [1.29, 1.82) is 0 Å². The predicted octanol–water partition coefficient (Wildman–Crippen LogP) is 3.21. The molecule has 4 heteroatoms. The fraction of sp³-hybridized carbons (Fsp3) is 0.200. The summed E-state index contributed by atoms with van der Waals surface area (Å²) in [6, 6.07) is 6.17. The molecule has 0 radical (unpaired) electrons. The van der Waals surface area contributed by atoms with Gasteiger partial charge < -0.3 is 10.5 Å². The van der Waals surface area contributed by atoms with Gasteiger partial charge in [0, 0.05) is 4.90 Å². The predicted molar refractivity (Wildman–Crippen MR) is 64.6 cm³/mol. The van der Waals surface area contributed by atoms with E-state index in [1.54, 1.807) is 30.2 Å². The second-order valence-corrected chi connectivity index (χ2v) is 4.86. The van der Waals surface area contributed by atoms with Crippen LogP contribution in [0.2, 0.25) is 0 Å². The lowest BCUT2D eigenvalue weighted by atomic mass is 10.2. The molecule has 2 rings (SSSR count). The van der Waals surface area contributed by atoms with Crippen LogP contribution in [0.15, 0.2) is 23.1 Å². The SMILES string of the molecule is COc1cc(SC)cc2cc(N)sc12. The molecule has 0 saturated heterocycles. The van der Waals surface area contributed by atoms with Crippen LogP contribution in [0.25, 0.3) is 10.1 Å². The molecule has 0 unspecified atom stereocenters. The second-order valence-electron chi connectivity index (χ2n) is 2.90. The zero-order valence-electron chi connectivity index (χ0n) is 8.03. The Balaban J connectivity index is 2.72. The van der Waals surface area contributed by atoms with Gasteiger partial charge in [0.2, 0.25) is 0 Å². The van der Waals surface area contributed by atoms with Gasteiger partial charge in [-0.1, -0.05) is 0 Å². The van der Waals surface area contributed by atoms with Gasteiger partial charge in [-0.2, -0.15) is 0 Å². The molecule has 0 fully saturated rings. The maximum absolute atomic E-state index is 5.76. The van der Waals surface area contributed by atoms with Crippen molar-refractivity contribution in [1.82, 2.24) is 0 Å². The number of anilines is 1. The number of ether oxygens (including phenoxy) is 1. The maximum atomic E-state index is 5.76. The summed E-state index contributed by atoms with van der Waals surface area (Å²) >= 11 is 3.27. The number of thiophene rings is 1. The second kappa shape index (κ2) is 3.71. The van der Waals surface area contributed by atoms with E-state index in [0.29, 0.717) is 0 Å². The summed E-state index contributed by atoms with van der Waals surface area (Å²) in [7, 11) is 1.69. The van der Waals surface area contributed by atoms with E-state index in [2.05, 4.69) is 12.3 Å². The van der Waals surface area contributed by atoms with Crippen molar-refractivity contribution in [2.24, 2.45) is 0 Å². The van der Waals surface area contributed by atoms with E-state index in [9.17, 15) is 0 Å². The van der Waals surface area contributed by atoms with Crippen molar-refractivity contribution in [2.75, 3.05) is 19.1 Å². The monoisotopic (exact) mass is 225 g/mol. The normalized spacial score (nSPS) is 10.7. The summed E-state index contributed by atoms with van der Waals surface area (Å²) in [4.78, 5) is 1.20. The number of fused-ring (bicyclic) bond motifs is 1. The van der Waals surface area contributed by atoms with Gasteiger partial charge in [-0.15, -0.1) is 23.1 Å². The molecule has 2 N–H and O–H groups in total. The van der Waals surface area contributed by atoms with Crippen LogP contribution in [0.4, 0.5) is 5.00 Å². The highest BCUT2D eigenvalue weighted by Gasteiger charge is 2.07. The number of benzene rings is 1. The lowest BCUT2D eigenvalue weighted by molar-refractivity contribution is 0.419. The van der Waals surface area contributed by atoms with Crippen molar-refractivity contribution in [3.8, 4) is 5.75 Å². The molecular formula is C10H11NOS2. The van der Waals surface area contributed by atoms with Crippen LogP contribution in [-0.2, 0) is 0 Å². The zero-order chi connectivity index (χ0) is 10.1. The first kappa shape index (κ1) is 9.68. The molecule has 0 amide bonds. The molecule has 74 valence electrons. The summed E-state index contributed by atoms with van der Waals surface area (Å²) in [6.45, 7) is 0. The van der Waals surface area contributed by atoms with E-state index in [-0.39, 0.29) is 0 Å². The van der Waals surface area contributed by atoms with Crippen molar-refractivity contribution in [2.45, 2.75) is 4.90 Å². The highest BCUT2D eigenvalue weighted by Crippen LogP contribution is 2.37. The first-order valence-electron chi connectivity index (χ1n) is 4.15. The van der Waals surface area contributed by atoms with E-state index in [0.717, 1.165) is 20.8 Å². The molecule has 14 heavy (non-hydrogen) atoms. The molecule has 1 aromatic heterocycles. The molecule has 0 aliphatic rings. The van der Waals surface area contributed by atoms with Crippen LogP contribution in [0.5, 0.6) is 5.75 Å². The number of thioether (sulfide) groups is 1. The van der Waals surface area contributed by atoms with Crippen LogP contribution in [0.3, 0.4) is 0 Å². The molecule has 0 aliphatic heterocycles. The standard InChI is InChI=1S/C10H11NOS2/c1-12-8-5-7(13-2)3-6-4-9(11)14-10(6)8/h3-5H,11H2,1-2H3. The van der Waals surface area contributed by atoms with Crippen LogP contribution < -0.4 is 10.5 Å². The highest BCUT2D eigenvalue weighted by atomic mass is 32.2. The summed E-state index contributed by atoms with van der Waals surface area (Å²) in [5.74, 6) is 0.911. The van der Waals surface area contributed by atoms with Crippen LogP contribution >= 0.6 is 23.1 Å². The van der Waals surface area contributed by atoms with E-state index >= 15 is 0 Å². The largest absolute Gasteiger partial charge is 0.495 e. The number of hydrogen-bond donors (Lipinski definition) is 1. The molecule has 0 saturated carbocycles. The number of hydrogen-bond acceptors (Lipinski definition) is 4. The number of nitrogens with two attached hydrogens (primary N) is 1. The Kier molecular flexibility index (Phi) is 2.56. The van der Waals surface area contributed by atoms with Gasteiger partial charge in [-0.05, 0) is 29.8 Å². The quantitative estimate of drug-likeness (QED) is 0.797. The molecular weight excluding hydrogens is 214 g/mol. The van der Waals surface area contributed by atoms with Crippen molar-refractivity contribution in [3.63, 3.8) is 0 Å². The number of rotatable bonds is 2. The Labute approximate surface area is 91.1 Å². The molecule has 0 spiro atoms. The van der Waals surface area contributed by atoms with E-state index in [1.807, 2.05) is 12.1 Å². The minimum Gasteiger partial charge on any atom is -0.495 e. The number of nitrogen functional groups attached to an aromatic ring is 1. The smallest absolute Gasteiger partial charge is 0.137 e. The lowest BCUT2D eigenvalue weighted by Gasteiger charge is -2.03. The van der Waals surface area contributed by atoms with Gasteiger partial charge in [0.05, 0.1) is 16.8 Å². The average Bonchev–Trinajstić information content (AvgIpc) is 2.56. The fourth-order valence-corrected chi connectivity index (χ4v) is 2.75. The average molecular weight is 225 g/mol. The Morgan fingerprint density at radius 1 is 1.36 bits per heavy atom. The van der Waals surface area contributed by atoms with Crippen molar-refractivity contribution >= 4 is 38.2 Å². The fourth-order valence-electron chi connectivity index (χ4n) is 1.38. The summed E-state index contributed by atoms with van der Waals surface area (Å²) in [5, 5.41) is 1.99. The summed E-state index contributed by atoms with van der Waals surface area (Å²) in [6.07, 6.45) is 2.05. The van der Waals surface area contributed by atoms with Gasteiger partial charge in [-0.3, -0.25) is 0 Å². The van der Waals surface area contributed by atoms with Gasteiger partial charge >= 0.3 is 0 Å². The Hall–Kier alpha value is -0.870. The van der Waals surface area contributed by atoms with Gasteiger partial charge in [0.1, 0.15) is 5.75 Å². The van der Waals surface area contributed by atoms with E-state index < -0.39 is 0 Å². The molecule has 1 aromatic carbocycles. The number of methoxy groups -OCH3 is 1. The van der Waals surface area contributed by atoms with Gasteiger partial charge in [-0.25, -0.2) is 0 Å².